The van der Waals surface area contributed by atoms with Crippen molar-refractivity contribution in [3.63, 3.8) is 0 Å². The summed E-state index contributed by atoms with van der Waals surface area (Å²) in [6, 6.07) is 0. The normalized spacial score (nSPS) is 7.50. The van der Waals surface area contributed by atoms with Gasteiger partial charge in [-0.05, 0) is 0 Å². The summed E-state index contributed by atoms with van der Waals surface area (Å²) in [6.07, 6.45) is 8.58. The molecule has 0 saturated carbocycles. The molecule has 0 atom stereocenters. The minimum absolute atomic E-state index is 0. The van der Waals surface area contributed by atoms with E-state index in [9.17, 15) is 0 Å². The SMILES string of the molecule is CS(C)=[OH+].[Ru+3].c1c[nH]cn1. The molecule has 3 nitrogen and oxygen atoms in total. The number of rotatable bonds is 0. The van der Waals surface area contributed by atoms with Crippen molar-refractivity contribution in [1.82, 2.24) is 9.97 Å². The molecule has 1 aromatic heterocycles. The number of imidazole rings is 1. The number of nitrogens with zero attached hydrogens (tertiary/aromatic N) is 1. The largest absolute Gasteiger partial charge is 3.00 e. The van der Waals surface area contributed by atoms with Crippen molar-refractivity contribution < 1.29 is 23.7 Å². The molecule has 0 aliphatic heterocycles. The molecule has 0 spiro atoms. The summed E-state index contributed by atoms with van der Waals surface area (Å²) in [7, 11) is -0.361. The minimum atomic E-state index is -0.361. The van der Waals surface area contributed by atoms with Gasteiger partial charge in [0.2, 0.25) is 0 Å². The van der Waals surface area contributed by atoms with Crippen LogP contribution >= 0.6 is 0 Å². The van der Waals surface area contributed by atoms with E-state index in [4.69, 9.17) is 4.21 Å². The quantitative estimate of drug-likeness (QED) is 0.529. The van der Waals surface area contributed by atoms with E-state index in [0.29, 0.717) is 0 Å². The van der Waals surface area contributed by atoms with Gasteiger partial charge in [-0.1, -0.05) is 0 Å². The van der Waals surface area contributed by atoms with Crippen LogP contribution in [0.3, 0.4) is 0 Å². The second-order valence-electron chi connectivity index (χ2n) is 1.53. The first kappa shape index (κ1) is 12.6. The van der Waals surface area contributed by atoms with Crippen LogP contribution in [-0.2, 0) is 30.3 Å². The Labute approximate surface area is 75.9 Å². The van der Waals surface area contributed by atoms with Crippen LogP contribution in [0, 0.1) is 0 Å². The maximum absolute atomic E-state index is 8.08. The molecular formula is C5H11N2ORuS+4. The van der Waals surface area contributed by atoms with Crippen molar-refractivity contribution in [2.24, 2.45) is 0 Å². The van der Waals surface area contributed by atoms with E-state index in [1.807, 2.05) is 0 Å². The number of hydrogen-bond donors (Lipinski definition) is 1. The summed E-state index contributed by atoms with van der Waals surface area (Å²) >= 11 is 0. The molecule has 0 aromatic carbocycles. The summed E-state index contributed by atoms with van der Waals surface area (Å²) in [5.41, 5.74) is 0. The molecule has 1 rings (SSSR count). The number of aromatic amines is 1. The van der Waals surface area contributed by atoms with Crippen molar-refractivity contribution in [3.8, 4) is 0 Å². The molecule has 0 saturated heterocycles. The first-order valence-corrected chi connectivity index (χ1v) is 4.42. The van der Waals surface area contributed by atoms with Crippen molar-refractivity contribution in [3.05, 3.63) is 18.7 Å². The number of aromatic nitrogens is 2. The van der Waals surface area contributed by atoms with Crippen LogP contribution in [0.15, 0.2) is 18.7 Å². The molecule has 2 N–H and O–H groups in total. The second kappa shape index (κ2) is 8.98. The Balaban J connectivity index is 0. The van der Waals surface area contributed by atoms with Crippen molar-refractivity contribution in [2.45, 2.75) is 0 Å². The van der Waals surface area contributed by atoms with Crippen LogP contribution in [0.1, 0.15) is 0 Å². The van der Waals surface area contributed by atoms with Crippen LogP contribution in [0.4, 0.5) is 0 Å². The topological polar surface area (TPSA) is 50.1 Å². The number of nitrogens with one attached hydrogen (secondary N) is 1. The fraction of sp³-hybridized carbons (Fsp3) is 0.400. The molecule has 1 heterocycles. The maximum atomic E-state index is 8.08. The van der Waals surface area contributed by atoms with Gasteiger partial charge in [-0.3, -0.25) is 4.21 Å². The molecule has 1 radical (unpaired) electrons. The zero-order valence-electron chi connectivity index (χ0n) is 5.89. The van der Waals surface area contributed by atoms with E-state index in [-0.39, 0.29) is 30.3 Å². The Bertz CT molecular complexity index is 133. The summed E-state index contributed by atoms with van der Waals surface area (Å²) in [4.78, 5) is 6.42. The van der Waals surface area contributed by atoms with Gasteiger partial charge in [0.15, 0.2) is 10.8 Å². The fourth-order valence-electron chi connectivity index (χ4n) is 0.215. The summed E-state index contributed by atoms with van der Waals surface area (Å²) < 4.78 is 8.08. The molecule has 0 bridgehead atoms. The van der Waals surface area contributed by atoms with Gasteiger partial charge in [0, 0.05) is 12.4 Å². The van der Waals surface area contributed by atoms with Crippen LogP contribution in [0.25, 0.3) is 0 Å². The molecule has 0 aliphatic carbocycles. The third-order valence-corrected chi connectivity index (χ3v) is 0.406. The van der Waals surface area contributed by atoms with Gasteiger partial charge in [0.05, 0.1) is 18.8 Å². The smallest absolute Gasteiger partial charge is 0.351 e. The zero-order chi connectivity index (χ0) is 7.11. The predicted octanol–water partition coefficient (Wildman–Crippen LogP) is 0.559. The summed E-state index contributed by atoms with van der Waals surface area (Å²) in [5.74, 6) is 0. The van der Waals surface area contributed by atoms with Crippen LogP contribution in [0.5, 0.6) is 0 Å². The Morgan fingerprint density at radius 1 is 1.50 bits per heavy atom. The monoisotopic (exact) mass is 249 g/mol. The standard InChI is InChI=1S/C3H4N2.C2H6OS.Ru/c1-2-5-3-4-1;1-4(2)3;/h1-3H,(H,4,5);1-2H3;/q;;+3/p+1. The second-order valence-corrected chi connectivity index (χ2v) is 3.08. The third-order valence-electron chi connectivity index (χ3n) is 0.406. The molecule has 5 heteroatoms. The van der Waals surface area contributed by atoms with Crippen LogP contribution in [0.2, 0.25) is 0 Å². The van der Waals surface area contributed by atoms with Gasteiger partial charge in [0.25, 0.3) is 0 Å². The van der Waals surface area contributed by atoms with E-state index in [1.165, 1.54) is 0 Å². The zero-order valence-corrected chi connectivity index (χ0v) is 8.44. The van der Waals surface area contributed by atoms with E-state index in [2.05, 4.69) is 9.97 Å². The average molecular weight is 248 g/mol. The molecule has 10 heavy (non-hydrogen) atoms. The molecule has 0 aliphatic rings. The third kappa shape index (κ3) is 15.7. The Morgan fingerprint density at radius 3 is 2.10 bits per heavy atom. The number of hydrogen-bond acceptors (Lipinski definition) is 1. The number of H-pyrrole nitrogens is 1. The summed E-state index contributed by atoms with van der Waals surface area (Å²) in [5, 5.41) is 0. The molecule has 57 valence electrons. The van der Waals surface area contributed by atoms with Gasteiger partial charge in [-0.25, -0.2) is 4.98 Å². The first-order chi connectivity index (χ1) is 4.23. The molecule has 0 fully saturated rings. The molecule has 0 amide bonds. The van der Waals surface area contributed by atoms with Crippen molar-refractivity contribution in [2.75, 3.05) is 12.5 Å². The van der Waals surface area contributed by atoms with Gasteiger partial charge in [-0.15, -0.1) is 0 Å². The van der Waals surface area contributed by atoms with Crippen molar-refractivity contribution >= 4 is 10.8 Å². The summed E-state index contributed by atoms with van der Waals surface area (Å²) in [6.45, 7) is 0. The molecular weight excluding hydrogens is 237 g/mol. The predicted molar refractivity (Wildman–Crippen MR) is 39.7 cm³/mol. The van der Waals surface area contributed by atoms with Crippen molar-refractivity contribution in [1.29, 1.82) is 0 Å². The molecule has 1 aromatic rings. The van der Waals surface area contributed by atoms with Gasteiger partial charge >= 0.3 is 19.5 Å². The van der Waals surface area contributed by atoms with Gasteiger partial charge in [0.1, 0.15) is 0 Å². The maximum Gasteiger partial charge on any atom is 3.00 e. The Hall–Kier alpha value is -0.0166. The minimum Gasteiger partial charge on any atom is -0.351 e. The first-order valence-electron chi connectivity index (χ1n) is 2.43. The van der Waals surface area contributed by atoms with E-state index in [1.54, 1.807) is 31.2 Å². The van der Waals surface area contributed by atoms with E-state index < -0.39 is 0 Å². The van der Waals surface area contributed by atoms with E-state index in [0.717, 1.165) is 0 Å². The fourth-order valence-corrected chi connectivity index (χ4v) is 0.215. The molecule has 0 unspecified atom stereocenters. The van der Waals surface area contributed by atoms with E-state index >= 15 is 0 Å². The van der Waals surface area contributed by atoms with Crippen LogP contribution in [-0.4, -0.2) is 26.7 Å². The van der Waals surface area contributed by atoms with Gasteiger partial charge < -0.3 is 4.98 Å². The Kier molecular flexibility index (Phi) is 11.4. The van der Waals surface area contributed by atoms with Crippen LogP contribution < -0.4 is 0 Å². The average Bonchev–Trinajstić information content (AvgIpc) is 2.11. The van der Waals surface area contributed by atoms with Gasteiger partial charge in [-0.2, -0.15) is 0 Å². The Morgan fingerprint density at radius 2 is 2.00 bits per heavy atom.